The highest BCUT2D eigenvalue weighted by atomic mass is 28.3. The van der Waals surface area contributed by atoms with Gasteiger partial charge in [-0.15, -0.1) is 0 Å². The third-order valence-electron chi connectivity index (χ3n) is 7.47. The minimum Gasteiger partial charge on any atom is -0.0798 e. The van der Waals surface area contributed by atoms with Gasteiger partial charge in [-0.05, 0) is 57.3 Å². The summed E-state index contributed by atoms with van der Waals surface area (Å²) in [5.41, 5.74) is 11.4. The fraction of sp³-hybridized carbons (Fsp3) is 0.125. The van der Waals surface area contributed by atoms with Crippen LogP contribution in [0.3, 0.4) is 0 Å². The van der Waals surface area contributed by atoms with Crippen molar-refractivity contribution in [1.82, 2.24) is 0 Å². The van der Waals surface area contributed by atoms with Crippen LogP contribution in [-0.4, -0.2) is 8.07 Å². The van der Waals surface area contributed by atoms with Gasteiger partial charge < -0.3 is 0 Å². The molecule has 0 bridgehead atoms. The molecule has 0 nitrogen and oxygen atoms in total. The topological polar surface area (TPSA) is 0 Å². The highest BCUT2D eigenvalue weighted by molar-refractivity contribution is 7.08. The van der Waals surface area contributed by atoms with E-state index in [9.17, 15) is 0 Å². The van der Waals surface area contributed by atoms with Crippen molar-refractivity contribution in [1.29, 1.82) is 0 Å². The van der Waals surface area contributed by atoms with Crippen molar-refractivity contribution in [3.8, 4) is 22.3 Å². The standard InChI is InChI=1S/C32H28Si/c1-33(2,31-21-19-27-25(15-9-17-29(27)31)23-11-5-3-6-12-23)32-22-20-28-26(16-10-18-30(28)32)24-13-7-4-8-14-24/h3-18,21-22H,19-20H2,1-2H3. The van der Waals surface area contributed by atoms with Crippen LogP contribution in [0.1, 0.15) is 22.3 Å². The van der Waals surface area contributed by atoms with Gasteiger partial charge in [0.25, 0.3) is 0 Å². The molecule has 2 aliphatic rings. The molecule has 33 heavy (non-hydrogen) atoms. The summed E-state index contributed by atoms with van der Waals surface area (Å²) in [6, 6.07) is 35.5. The summed E-state index contributed by atoms with van der Waals surface area (Å²) < 4.78 is 0. The van der Waals surface area contributed by atoms with Gasteiger partial charge in [0.1, 0.15) is 8.07 Å². The number of fused-ring (bicyclic) bond motifs is 2. The van der Waals surface area contributed by atoms with E-state index in [1.54, 1.807) is 10.4 Å². The second-order valence-electron chi connectivity index (χ2n) is 9.66. The molecule has 1 heteroatoms. The third-order valence-corrected chi connectivity index (χ3v) is 11.1. The number of rotatable bonds is 4. The molecule has 0 amide bonds. The molecule has 0 saturated carbocycles. The second kappa shape index (κ2) is 7.86. The lowest BCUT2D eigenvalue weighted by molar-refractivity contribution is 1.31. The van der Waals surface area contributed by atoms with E-state index >= 15 is 0 Å². The van der Waals surface area contributed by atoms with Gasteiger partial charge in [-0.3, -0.25) is 0 Å². The van der Waals surface area contributed by atoms with Crippen molar-refractivity contribution in [2.75, 3.05) is 0 Å². The van der Waals surface area contributed by atoms with Gasteiger partial charge in [0.15, 0.2) is 0 Å². The van der Waals surface area contributed by atoms with Gasteiger partial charge in [-0.2, -0.15) is 0 Å². The molecule has 0 aliphatic heterocycles. The van der Waals surface area contributed by atoms with Crippen molar-refractivity contribution in [2.45, 2.75) is 25.9 Å². The fourth-order valence-electron chi connectivity index (χ4n) is 5.85. The first-order valence-electron chi connectivity index (χ1n) is 11.9. The lowest BCUT2D eigenvalue weighted by Crippen LogP contribution is -2.29. The number of benzene rings is 4. The van der Waals surface area contributed by atoms with E-state index in [2.05, 4.69) is 122 Å². The Bertz CT molecular complexity index is 1300. The van der Waals surface area contributed by atoms with E-state index in [0.29, 0.717) is 0 Å². The number of hydrogen-bond acceptors (Lipinski definition) is 0. The summed E-state index contributed by atoms with van der Waals surface area (Å²) >= 11 is 0. The average molecular weight is 441 g/mol. The van der Waals surface area contributed by atoms with Gasteiger partial charge >= 0.3 is 0 Å². The first kappa shape index (κ1) is 20.2. The Morgan fingerprint density at radius 1 is 0.455 bits per heavy atom. The highest BCUT2D eigenvalue weighted by Gasteiger charge is 2.38. The van der Waals surface area contributed by atoms with Crippen molar-refractivity contribution < 1.29 is 0 Å². The van der Waals surface area contributed by atoms with E-state index in [-0.39, 0.29) is 0 Å². The monoisotopic (exact) mass is 440 g/mol. The molecule has 0 atom stereocenters. The molecule has 160 valence electrons. The molecule has 0 N–H and O–H groups in total. The van der Waals surface area contributed by atoms with Crippen molar-refractivity contribution in [3.05, 3.63) is 131 Å². The van der Waals surface area contributed by atoms with Crippen molar-refractivity contribution in [2.24, 2.45) is 0 Å². The molecule has 0 heterocycles. The molecule has 0 aromatic heterocycles. The summed E-state index contributed by atoms with van der Waals surface area (Å²) in [6.45, 7) is 5.08. The third kappa shape index (κ3) is 3.27. The Kier molecular flexibility index (Phi) is 4.81. The van der Waals surface area contributed by atoms with Crippen LogP contribution < -0.4 is 0 Å². The summed E-state index contributed by atoms with van der Waals surface area (Å²) in [6.07, 6.45) is 7.14. The molecule has 2 aliphatic carbocycles. The van der Waals surface area contributed by atoms with Crippen molar-refractivity contribution in [3.63, 3.8) is 0 Å². The maximum Gasteiger partial charge on any atom is 0.113 e. The van der Waals surface area contributed by atoms with E-state index in [4.69, 9.17) is 0 Å². The molecule has 0 radical (unpaired) electrons. The summed E-state index contributed by atoms with van der Waals surface area (Å²) in [5, 5.41) is 3.19. The molecule has 0 fully saturated rings. The van der Waals surface area contributed by atoms with Gasteiger partial charge in [-0.25, -0.2) is 0 Å². The normalized spacial score (nSPS) is 14.5. The molecule has 0 unspecified atom stereocenters. The van der Waals surface area contributed by atoms with Gasteiger partial charge in [0.05, 0.1) is 0 Å². The highest BCUT2D eigenvalue weighted by Crippen LogP contribution is 2.47. The molecular weight excluding hydrogens is 412 g/mol. The largest absolute Gasteiger partial charge is 0.113 e. The van der Waals surface area contributed by atoms with Gasteiger partial charge in [0.2, 0.25) is 0 Å². The van der Waals surface area contributed by atoms with Crippen LogP contribution in [0.25, 0.3) is 32.6 Å². The molecule has 0 spiro atoms. The molecule has 6 rings (SSSR count). The fourth-order valence-corrected chi connectivity index (χ4v) is 9.18. The van der Waals surface area contributed by atoms with E-state index in [1.807, 2.05) is 0 Å². The first-order valence-corrected chi connectivity index (χ1v) is 14.9. The Morgan fingerprint density at radius 3 is 1.27 bits per heavy atom. The lowest BCUT2D eigenvalue weighted by atomic mass is 9.96. The smallest absolute Gasteiger partial charge is 0.0798 e. The maximum absolute atomic E-state index is 2.54. The Balaban J connectivity index is 1.41. The SMILES string of the molecule is C[Si](C)(C1=CCc2c1cccc2-c1ccccc1)C1=CCc2c1cccc2-c1ccccc1. The first-order chi connectivity index (χ1) is 16.1. The molecule has 4 aromatic carbocycles. The lowest BCUT2D eigenvalue weighted by Gasteiger charge is -2.28. The summed E-state index contributed by atoms with van der Waals surface area (Å²) in [4.78, 5) is 0. The van der Waals surface area contributed by atoms with Crippen molar-refractivity contribution >= 4 is 18.5 Å². The molecule has 4 aromatic rings. The Hall–Kier alpha value is -3.42. The number of allylic oxidation sites excluding steroid dienone is 2. The van der Waals surface area contributed by atoms with Crippen LogP contribution in [-0.2, 0) is 12.8 Å². The van der Waals surface area contributed by atoms with Crippen LogP contribution in [0, 0.1) is 0 Å². The quantitative estimate of drug-likeness (QED) is 0.280. The summed E-state index contributed by atoms with van der Waals surface area (Å²) in [5.74, 6) is 0. The predicted molar refractivity (Wildman–Crippen MR) is 145 cm³/mol. The minimum absolute atomic E-state index is 1.04. The van der Waals surface area contributed by atoms with Crippen LogP contribution in [0.5, 0.6) is 0 Å². The number of hydrogen-bond donors (Lipinski definition) is 0. The van der Waals surface area contributed by atoms with Gasteiger partial charge in [0, 0.05) is 0 Å². The molecular formula is C32H28Si. The van der Waals surface area contributed by atoms with Crippen LogP contribution in [0.4, 0.5) is 0 Å². The zero-order valence-electron chi connectivity index (χ0n) is 19.3. The van der Waals surface area contributed by atoms with Gasteiger partial charge in [-0.1, -0.05) is 133 Å². The Labute approximate surface area is 198 Å². The van der Waals surface area contributed by atoms with E-state index < -0.39 is 8.07 Å². The maximum atomic E-state index is 2.54. The zero-order chi connectivity index (χ0) is 22.4. The zero-order valence-corrected chi connectivity index (χ0v) is 20.3. The summed E-state index contributed by atoms with van der Waals surface area (Å²) in [7, 11) is -1.87. The Morgan fingerprint density at radius 2 is 0.848 bits per heavy atom. The van der Waals surface area contributed by atoms with E-state index in [0.717, 1.165) is 12.8 Å². The second-order valence-corrected chi connectivity index (χ2v) is 14.0. The van der Waals surface area contributed by atoms with Crippen LogP contribution in [0.15, 0.2) is 109 Å². The molecule has 0 saturated heterocycles. The average Bonchev–Trinajstić information content (AvgIpc) is 3.50. The predicted octanol–water partition coefficient (Wildman–Crippen LogP) is 8.39. The van der Waals surface area contributed by atoms with Crippen LogP contribution in [0.2, 0.25) is 13.1 Å². The minimum atomic E-state index is -1.87. The van der Waals surface area contributed by atoms with E-state index in [1.165, 1.54) is 44.5 Å². The van der Waals surface area contributed by atoms with Crippen LogP contribution >= 0.6 is 0 Å².